The van der Waals surface area contributed by atoms with Gasteiger partial charge in [0.15, 0.2) is 0 Å². The molecule has 1 aromatic heterocycles. The van der Waals surface area contributed by atoms with E-state index < -0.39 is 12.1 Å². The first-order valence-electron chi connectivity index (χ1n) is 5.77. The van der Waals surface area contributed by atoms with Crippen molar-refractivity contribution in [1.82, 2.24) is 20.0 Å². The molecule has 0 aliphatic carbocycles. The number of amides is 2. The molecule has 98 valence electrons. The van der Waals surface area contributed by atoms with Crippen molar-refractivity contribution in [3.63, 3.8) is 0 Å². The van der Waals surface area contributed by atoms with Gasteiger partial charge in [0, 0.05) is 26.0 Å². The molecular formula is C11H16N4O3. The van der Waals surface area contributed by atoms with Crippen LogP contribution in [0.2, 0.25) is 0 Å². The molecule has 0 aromatic carbocycles. The lowest BCUT2D eigenvalue weighted by atomic mass is 10.2. The molecule has 2 atom stereocenters. The maximum atomic E-state index is 11.6. The zero-order valence-electron chi connectivity index (χ0n) is 10.1. The molecule has 0 saturated carbocycles. The lowest BCUT2D eigenvalue weighted by Gasteiger charge is -2.15. The minimum absolute atomic E-state index is 0.157. The molecule has 2 rings (SSSR count). The molecule has 0 bridgehead atoms. The minimum atomic E-state index is -0.654. The van der Waals surface area contributed by atoms with Gasteiger partial charge in [-0.15, -0.1) is 0 Å². The molecule has 2 unspecified atom stereocenters. The van der Waals surface area contributed by atoms with E-state index in [2.05, 4.69) is 10.4 Å². The number of likely N-dealkylation sites (tertiary alicyclic amines) is 1. The van der Waals surface area contributed by atoms with Crippen LogP contribution < -0.4 is 5.32 Å². The Bertz CT molecular complexity index is 432. The standard InChI is InChI=1S/C11H16N4O3/c1-14-10(17)5-9(11(14)18)12-6-8(16)7-15-4-2-3-13-15/h2-4,8-9,12,16H,5-7H2,1H3. The molecule has 1 aliphatic heterocycles. The van der Waals surface area contributed by atoms with Crippen molar-refractivity contribution in [2.75, 3.05) is 13.6 Å². The van der Waals surface area contributed by atoms with Crippen LogP contribution in [0.5, 0.6) is 0 Å². The Morgan fingerprint density at radius 1 is 1.61 bits per heavy atom. The van der Waals surface area contributed by atoms with Gasteiger partial charge in [0.2, 0.25) is 11.8 Å². The van der Waals surface area contributed by atoms with E-state index in [-0.39, 0.29) is 24.8 Å². The lowest BCUT2D eigenvalue weighted by molar-refractivity contribution is -0.137. The molecule has 1 aromatic rings. The largest absolute Gasteiger partial charge is 0.390 e. The normalized spacial score (nSPS) is 21.7. The maximum absolute atomic E-state index is 11.6. The number of nitrogens with zero attached hydrogens (tertiary/aromatic N) is 3. The van der Waals surface area contributed by atoms with E-state index in [1.807, 2.05) is 0 Å². The Hall–Kier alpha value is -1.73. The second-order valence-electron chi connectivity index (χ2n) is 4.34. The summed E-state index contributed by atoms with van der Waals surface area (Å²) in [5.41, 5.74) is 0. The summed E-state index contributed by atoms with van der Waals surface area (Å²) in [4.78, 5) is 24.0. The van der Waals surface area contributed by atoms with Gasteiger partial charge in [0.05, 0.1) is 25.1 Å². The van der Waals surface area contributed by atoms with Crippen LogP contribution in [0, 0.1) is 0 Å². The zero-order valence-corrected chi connectivity index (χ0v) is 10.1. The van der Waals surface area contributed by atoms with Crippen molar-refractivity contribution in [2.24, 2.45) is 0 Å². The van der Waals surface area contributed by atoms with Gasteiger partial charge < -0.3 is 10.4 Å². The Morgan fingerprint density at radius 2 is 2.39 bits per heavy atom. The van der Waals surface area contributed by atoms with Crippen molar-refractivity contribution < 1.29 is 14.7 Å². The number of hydrogen-bond donors (Lipinski definition) is 2. The summed E-state index contributed by atoms with van der Waals surface area (Å²) in [5.74, 6) is -0.439. The summed E-state index contributed by atoms with van der Waals surface area (Å²) < 4.78 is 1.61. The van der Waals surface area contributed by atoms with E-state index in [1.54, 1.807) is 23.1 Å². The quantitative estimate of drug-likeness (QED) is 0.629. The molecule has 0 radical (unpaired) electrons. The number of likely N-dealkylation sites (N-methyl/N-ethyl adjacent to an activating group) is 1. The number of rotatable bonds is 5. The fourth-order valence-electron chi connectivity index (χ4n) is 1.88. The number of aliphatic hydroxyl groups excluding tert-OH is 1. The topological polar surface area (TPSA) is 87.5 Å². The van der Waals surface area contributed by atoms with Crippen molar-refractivity contribution in [1.29, 1.82) is 0 Å². The van der Waals surface area contributed by atoms with Crippen molar-refractivity contribution in [2.45, 2.75) is 25.1 Å². The molecule has 2 N–H and O–H groups in total. The number of aromatic nitrogens is 2. The second-order valence-corrected chi connectivity index (χ2v) is 4.34. The van der Waals surface area contributed by atoms with Crippen LogP contribution in [0.1, 0.15) is 6.42 Å². The summed E-state index contributed by atoms with van der Waals surface area (Å²) in [5, 5.41) is 16.6. The molecule has 18 heavy (non-hydrogen) atoms. The molecule has 1 fully saturated rings. The number of carbonyl (C=O) groups excluding carboxylic acids is 2. The SMILES string of the molecule is CN1C(=O)CC(NCC(O)Cn2cccn2)C1=O. The van der Waals surface area contributed by atoms with E-state index >= 15 is 0 Å². The molecule has 2 heterocycles. The summed E-state index contributed by atoms with van der Waals surface area (Å²) in [6, 6.07) is 1.25. The van der Waals surface area contributed by atoms with E-state index in [1.165, 1.54) is 7.05 Å². The average molecular weight is 252 g/mol. The highest BCUT2D eigenvalue weighted by atomic mass is 16.3. The molecule has 7 nitrogen and oxygen atoms in total. The molecule has 2 amide bonds. The Morgan fingerprint density at radius 3 is 2.94 bits per heavy atom. The maximum Gasteiger partial charge on any atom is 0.246 e. The van der Waals surface area contributed by atoms with Gasteiger partial charge >= 0.3 is 0 Å². The predicted octanol–water partition coefficient (Wildman–Crippen LogP) is -1.41. The monoisotopic (exact) mass is 252 g/mol. The molecule has 0 spiro atoms. The van der Waals surface area contributed by atoms with Crippen LogP contribution in [0.3, 0.4) is 0 Å². The van der Waals surface area contributed by atoms with Gasteiger partial charge in [0.25, 0.3) is 0 Å². The van der Waals surface area contributed by atoms with Gasteiger partial charge in [-0.2, -0.15) is 5.10 Å². The third-order valence-corrected chi connectivity index (χ3v) is 2.94. The van der Waals surface area contributed by atoms with Crippen LogP contribution >= 0.6 is 0 Å². The number of imide groups is 1. The summed E-state index contributed by atoms with van der Waals surface area (Å²) >= 11 is 0. The van der Waals surface area contributed by atoms with E-state index in [0.29, 0.717) is 6.54 Å². The summed E-state index contributed by atoms with van der Waals surface area (Å²) in [6.07, 6.45) is 2.89. The first-order chi connectivity index (χ1) is 8.58. The molecule has 1 saturated heterocycles. The Balaban J connectivity index is 1.78. The van der Waals surface area contributed by atoms with Gasteiger partial charge in [-0.3, -0.25) is 19.2 Å². The number of carbonyl (C=O) groups is 2. The number of aliphatic hydroxyl groups is 1. The van der Waals surface area contributed by atoms with Crippen LogP contribution in [-0.2, 0) is 16.1 Å². The molecular weight excluding hydrogens is 236 g/mol. The summed E-state index contributed by atoms with van der Waals surface area (Å²) in [7, 11) is 1.46. The second kappa shape index (κ2) is 5.28. The lowest BCUT2D eigenvalue weighted by Crippen LogP contribution is -2.41. The fourth-order valence-corrected chi connectivity index (χ4v) is 1.88. The highest BCUT2D eigenvalue weighted by molar-refractivity contribution is 6.05. The van der Waals surface area contributed by atoms with Crippen LogP contribution in [0.4, 0.5) is 0 Å². The summed E-state index contributed by atoms with van der Waals surface area (Å²) in [6.45, 7) is 0.599. The van der Waals surface area contributed by atoms with Gasteiger partial charge in [-0.25, -0.2) is 0 Å². The van der Waals surface area contributed by atoms with E-state index in [0.717, 1.165) is 4.90 Å². The van der Waals surface area contributed by atoms with E-state index in [4.69, 9.17) is 0 Å². The predicted molar refractivity (Wildman–Crippen MR) is 62.4 cm³/mol. The van der Waals surface area contributed by atoms with Gasteiger partial charge in [-0.1, -0.05) is 0 Å². The fraction of sp³-hybridized carbons (Fsp3) is 0.545. The van der Waals surface area contributed by atoms with Gasteiger partial charge in [-0.05, 0) is 6.07 Å². The van der Waals surface area contributed by atoms with Gasteiger partial charge in [0.1, 0.15) is 0 Å². The highest BCUT2D eigenvalue weighted by Gasteiger charge is 2.35. The third-order valence-electron chi connectivity index (χ3n) is 2.94. The molecule has 7 heteroatoms. The average Bonchev–Trinajstić information content (AvgIpc) is 2.92. The first-order valence-corrected chi connectivity index (χ1v) is 5.77. The molecule has 1 aliphatic rings. The van der Waals surface area contributed by atoms with Crippen molar-refractivity contribution >= 4 is 11.8 Å². The Kier molecular flexibility index (Phi) is 3.73. The van der Waals surface area contributed by atoms with Crippen LogP contribution in [0.25, 0.3) is 0 Å². The van der Waals surface area contributed by atoms with Crippen LogP contribution in [0.15, 0.2) is 18.5 Å². The smallest absolute Gasteiger partial charge is 0.246 e. The zero-order chi connectivity index (χ0) is 13.1. The van der Waals surface area contributed by atoms with Crippen molar-refractivity contribution in [3.8, 4) is 0 Å². The number of hydrogen-bond acceptors (Lipinski definition) is 5. The first kappa shape index (κ1) is 12.7. The van der Waals surface area contributed by atoms with Crippen molar-refractivity contribution in [3.05, 3.63) is 18.5 Å². The minimum Gasteiger partial charge on any atom is -0.390 e. The highest BCUT2D eigenvalue weighted by Crippen LogP contribution is 2.10. The van der Waals surface area contributed by atoms with E-state index in [9.17, 15) is 14.7 Å². The van der Waals surface area contributed by atoms with Crippen LogP contribution in [-0.4, -0.2) is 57.3 Å². The Labute approximate surface area is 104 Å². The number of nitrogens with one attached hydrogen (secondary N) is 1. The third kappa shape index (κ3) is 2.74.